The normalized spacial score (nSPS) is 17.9. The van der Waals surface area contributed by atoms with E-state index in [1.807, 2.05) is 6.92 Å². The Hall–Kier alpha value is -1.92. The molecular formula is C17H20F4O3. The Morgan fingerprint density at radius 3 is 2.42 bits per heavy atom. The molecule has 0 fully saturated rings. The Balaban J connectivity index is 2.13. The van der Waals surface area contributed by atoms with Gasteiger partial charge in [-0.25, -0.2) is 0 Å². The van der Waals surface area contributed by atoms with E-state index in [-0.39, 0.29) is 24.9 Å². The first kappa shape index (κ1) is 18.4. The zero-order valence-electron chi connectivity index (χ0n) is 13.6. The van der Waals surface area contributed by atoms with Gasteiger partial charge in [0.1, 0.15) is 0 Å². The molecule has 1 aromatic carbocycles. The predicted molar refractivity (Wildman–Crippen MR) is 80.2 cm³/mol. The molecule has 1 heterocycles. The lowest BCUT2D eigenvalue weighted by atomic mass is 10.0. The summed E-state index contributed by atoms with van der Waals surface area (Å²) in [5, 5.41) is 0. The third-order valence-corrected chi connectivity index (χ3v) is 3.67. The molecule has 0 N–H and O–H groups in total. The fraction of sp³-hybridized carbons (Fsp3) is 0.529. The van der Waals surface area contributed by atoms with Crippen LogP contribution in [0.2, 0.25) is 0 Å². The summed E-state index contributed by atoms with van der Waals surface area (Å²) in [4.78, 5) is 0. The summed E-state index contributed by atoms with van der Waals surface area (Å²) in [5.41, 5.74) is -0.399. The fourth-order valence-corrected chi connectivity index (χ4v) is 2.43. The van der Waals surface area contributed by atoms with Gasteiger partial charge in [0.15, 0.2) is 11.5 Å². The molecule has 2 rings (SSSR count). The average molecular weight is 348 g/mol. The number of halogens is 4. The number of rotatable bonds is 7. The van der Waals surface area contributed by atoms with Gasteiger partial charge in [-0.3, -0.25) is 0 Å². The molecule has 0 saturated heterocycles. The maximum Gasteiger partial charge on any atom is 0.425 e. The zero-order chi connectivity index (χ0) is 17.7. The van der Waals surface area contributed by atoms with Crippen molar-refractivity contribution in [2.24, 2.45) is 0 Å². The first-order chi connectivity index (χ1) is 11.4. The molecule has 1 unspecified atom stereocenters. The second-order valence-electron chi connectivity index (χ2n) is 5.47. The molecular weight excluding hydrogens is 328 g/mol. The van der Waals surface area contributed by atoms with Crippen LogP contribution in [0.3, 0.4) is 0 Å². The lowest BCUT2D eigenvalue weighted by molar-refractivity contribution is -0.151. The van der Waals surface area contributed by atoms with Crippen molar-refractivity contribution in [2.75, 3.05) is 6.61 Å². The Morgan fingerprint density at radius 1 is 1.17 bits per heavy atom. The highest BCUT2D eigenvalue weighted by atomic mass is 19.3. The second kappa shape index (κ2) is 7.77. The third kappa shape index (κ3) is 4.13. The minimum absolute atomic E-state index is 0.0683. The van der Waals surface area contributed by atoms with Gasteiger partial charge in [-0.15, -0.1) is 0 Å². The Morgan fingerprint density at radius 2 is 1.83 bits per heavy atom. The van der Waals surface area contributed by atoms with Gasteiger partial charge in [0.25, 0.3) is 0 Å². The Labute approximate surface area is 138 Å². The number of alkyl halides is 2. The summed E-state index contributed by atoms with van der Waals surface area (Å²) in [6.45, 7) is 3.69. The fourth-order valence-electron chi connectivity index (χ4n) is 2.43. The van der Waals surface area contributed by atoms with Crippen molar-refractivity contribution in [1.82, 2.24) is 0 Å². The van der Waals surface area contributed by atoms with E-state index in [9.17, 15) is 17.6 Å². The van der Waals surface area contributed by atoms with Gasteiger partial charge in [-0.05, 0) is 38.3 Å². The molecule has 1 aromatic rings. The molecule has 0 aliphatic carbocycles. The van der Waals surface area contributed by atoms with Crippen LogP contribution in [0.25, 0.3) is 0 Å². The minimum atomic E-state index is -3.78. The van der Waals surface area contributed by atoms with E-state index in [1.165, 1.54) is 0 Å². The van der Waals surface area contributed by atoms with E-state index in [0.717, 1.165) is 31.2 Å². The number of ether oxygens (including phenoxy) is 3. The van der Waals surface area contributed by atoms with E-state index >= 15 is 0 Å². The van der Waals surface area contributed by atoms with Gasteiger partial charge in [-0.1, -0.05) is 13.3 Å². The molecule has 134 valence electrons. The van der Waals surface area contributed by atoms with Gasteiger partial charge in [0.05, 0.1) is 24.5 Å². The van der Waals surface area contributed by atoms with E-state index in [0.29, 0.717) is 6.42 Å². The zero-order valence-corrected chi connectivity index (χ0v) is 13.6. The van der Waals surface area contributed by atoms with Crippen LogP contribution >= 0.6 is 0 Å². The Bertz CT molecular complexity index is 602. The molecule has 1 aliphatic heterocycles. The van der Waals surface area contributed by atoms with E-state index < -0.39 is 29.1 Å². The smallest absolute Gasteiger partial charge is 0.425 e. The maximum absolute atomic E-state index is 14.2. The summed E-state index contributed by atoms with van der Waals surface area (Å²) >= 11 is 0. The summed E-state index contributed by atoms with van der Waals surface area (Å²) in [7, 11) is 0. The topological polar surface area (TPSA) is 27.7 Å². The second-order valence-corrected chi connectivity index (χ2v) is 5.47. The van der Waals surface area contributed by atoms with Crippen molar-refractivity contribution in [3.63, 3.8) is 0 Å². The molecule has 0 radical (unpaired) electrons. The molecule has 3 nitrogen and oxygen atoms in total. The number of benzene rings is 1. The van der Waals surface area contributed by atoms with E-state index in [4.69, 9.17) is 9.47 Å². The first-order valence-corrected chi connectivity index (χ1v) is 7.91. The van der Waals surface area contributed by atoms with E-state index in [1.54, 1.807) is 6.92 Å². The van der Waals surface area contributed by atoms with Gasteiger partial charge >= 0.3 is 6.11 Å². The molecule has 0 saturated carbocycles. The van der Waals surface area contributed by atoms with Crippen LogP contribution in [0, 0.1) is 11.6 Å². The van der Waals surface area contributed by atoms with Crippen LogP contribution < -0.4 is 9.47 Å². The molecule has 0 amide bonds. The highest BCUT2D eigenvalue weighted by Crippen LogP contribution is 2.37. The van der Waals surface area contributed by atoms with Gasteiger partial charge in [0, 0.05) is 0 Å². The number of hydrogen-bond donors (Lipinski definition) is 0. The molecule has 0 bridgehead atoms. The Kier molecular flexibility index (Phi) is 5.96. The lowest BCUT2D eigenvalue weighted by Crippen LogP contribution is -2.31. The molecule has 7 heteroatoms. The highest BCUT2D eigenvalue weighted by molar-refractivity contribution is 5.35. The van der Waals surface area contributed by atoms with Crippen LogP contribution in [-0.4, -0.2) is 18.8 Å². The van der Waals surface area contributed by atoms with Crippen LogP contribution in [0.1, 0.15) is 39.5 Å². The highest BCUT2D eigenvalue weighted by Gasteiger charge is 2.40. The van der Waals surface area contributed by atoms with Crippen LogP contribution in [0.15, 0.2) is 24.0 Å². The standard InChI is InChI=1S/C17H20F4O3/c1-3-5-12-7-6-11(10-23-12)17(20,21)24-14-9-8-13(22-4-2)15(18)16(14)19/h8-10,12H,3-7H2,1-2H3. The molecule has 1 atom stereocenters. The SMILES string of the molecule is CCCC1CCC(C(F)(F)Oc2ccc(OCC)c(F)c2F)=CO1. The third-order valence-electron chi connectivity index (χ3n) is 3.67. The van der Waals surface area contributed by atoms with Gasteiger partial charge in [0.2, 0.25) is 11.6 Å². The largest absolute Gasteiger partial charge is 0.498 e. The summed E-state index contributed by atoms with van der Waals surface area (Å²) < 4.78 is 70.5. The summed E-state index contributed by atoms with van der Waals surface area (Å²) in [5.74, 6) is -4.10. The number of hydrogen-bond acceptors (Lipinski definition) is 3. The molecule has 0 aromatic heterocycles. The van der Waals surface area contributed by atoms with Gasteiger partial charge in [-0.2, -0.15) is 17.6 Å². The first-order valence-electron chi connectivity index (χ1n) is 7.91. The van der Waals surface area contributed by atoms with Crippen LogP contribution in [0.5, 0.6) is 11.5 Å². The summed E-state index contributed by atoms with van der Waals surface area (Å²) in [6, 6.07) is 1.97. The summed E-state index contributed by atoms with van der Waals surface area (Å²) in [6.07, 6.45) is -0.761. The van der Waals surface area contributed by atoms with Crippen molar-refractivity contribution < 1.29 is 31.8 Å². The molecule has 0 spiro atoms. The molecule has 1 aliphatic rings. The van der Waals surface area contributed by atoms with Crippen molar-refractivity contribution in [3.8, 4) is 11.5 Å². The monoisotopic (exact) mass is 348 g/mol. The minimum Gasteiger partial charge on any atom is -0.498 e. The van der Waals surface area contributed by atoms with Crippen molar-refractivity contribution in [3.05, 3.63) is 35.6 Å². The van der Waals surface area contributed by atoms with Crippen molar-refractivity contribution in [1.29, 1.82) is 0 Å². The predicted octanol–water partition coefficient (Wildman–Crippen LogP) is 5.20. The lowest BCUT2D eigenvalue weighted by Gasteiger charge is -2.27. The van der Waals surface area contributed by atoms with Gasteiger partial charge < -0.3 is 14.2 Å². The molecule has 24 heavy (non-hydrogen) atoms. The van der Waals surface area contributed by atoms with Crippen molar-refractivity contribution >= 4 is 0 Å². The van der Waals surface area contributed by atoms with Crippen molar-refractivity contribution in [2.45, 2.75) is 51.7 Å². The van der Waals surface area contributed by atoms with Crippen LogP contribution in [0.4, 0.5) is 17.6 Å². The maximum atomic E-state index is 14.2. The average Bonchev–Trinajstić information content (AvgIpc) is 2.55. The van der Waals surface area contributed by atoms with Crippen LogP contribution in [-0.2, 0) is 4.74 Å². The van der Waals surface area contributed by atoms with E-state index in [2.05, 4.69) is 4.74 Å². The quantitative estimate of drug-likeness (QED) is 0.634.